The van der Waals surface area contributed by atoms with E-state index in [9.17, 15) is 9.59 Å². The van der Waals surface area contributed by atoms with Gasteiger partial charge in [-0.05, 0) is 49.1 Å². The lowest BCUT2D eigenvalue weighted by Gasteiger charge is -2.14. The molecule has 2 N–H and O–H groups in total. The topological polar surface area (TPSA) is 89.0 Å². The van der Waals surface area contributed by atoms with E-state index < -0.39 is 5.91 Å². The van der Waals surface area contributed by atoms with Gasteiger partial charge < -0.3 is 14.6 Å². The first-order valence-electron chi connectivity index (χ1n) is 9.91. The molecule has 3 aromatic rings. The molecule has 1 atom stereocenters. The highest BCUT2D eigenvalue weighted by atomic mass is 35.5. The number of rotatable bonds is 6. The van der Waals surface area contributed by atoms with Crippen molar-refractivity contribution in [2.24, 2.45) is 0 Å². The summed E-state index contributed by atoms with van der Waals surface area (Å²) in [4.78, 5) is 25.8. The number of carbonyl (C=O) groups excluding carboxylic acids is 1. The van der Waals surface area contributed by atoms with Gasteiger partial charge in [0.2, 0.25) is 0 Å². The Morgan fingerprint density at radius 1 is 1.33 bits per heavy atom. The number of aromatic amines is 1. The Labute approximate surface area is 179 Å². The fourth-order valence-corrected chi connectivity index (χ4v) is 3.79. The molecule has 3 heterocycles. The second-order valence-corrected chi connectivity index (χ2v) is 7.86. The van der Waals surface area contributed by atoms with Gasteiger partial charge in [-0.25, -0.2) is 0 Å². The molecule has 0 bridgehead atoms. The van der Waals surface area contributed by atoms with Gasteiger partial charge in [-0.2, -0.15) is 5.10 Å². The van der Waals surface area contributed by atoms with Gasteiger partial charge in [-0.15, -0.1) is 0 Å². The summed E-state index contributed by atoms with van der Waals surface area (Å²) < 4.78 is 7.19. The van der Waals surface area contributed by atoms with E-state index in [-0.39, 0.29) is 23.8 Å². The van der Waals surface area contributed by atoms with Gasteiger partial charge in [0.25, 0.3) is 11.5 Å². The van der Waals surface area contributed by atoms with E-state index >= 15 is 0 Å². The summed E-state index contributed by atoms with van der Waals surface area (Å²) in [6, 6.07) is 9.15. The number of aryl methyl sites for hydroxylation is 1. The van der Waals surface area contributed by atoms with Gasteiger partial charge in [0.05, 0.1) is 24.5 Å². The molecule has 4 rings (SSSR count). The third-order valence-corrected chi connectivity index (χ3v) is 5.57. The summed E-state index contributed by atoms with van der Waals surface area (Å²) in [6.45, 7) is 3.19. The van der Waals surface area contributed by atoms with Crippen LogP contribution in [-0.4, -0.2) is 33.4 Å². The van der Waals surface area contributed by atoms with Crippen LogP contribution in [-0.2, 0) is 17.8 Å². The predicted octanol–water partition coefficient (Wildman–Crippen LogP) is 3.31. The second-order valence-electron chi connectivity index (χ2n) is 7.43. The molecular weight excluding hydrogens is 404 g/mol. The maximum atomic E-state index is 12.9. The molecule has 1 saturated heterocycles. The Kier molecular flexibility index (Phi) is 6.01. The maximum Gasteiger partial charge on any atom is 0.263 e. The normalized spacial score (nSPS) is 16.0. The van der Waals surface area contributed by atoms with Crippen molar-refractivity contribution < 1.29 is 9.53 Å². The Hall–Kier alpha value is -2.90. The molecule has 1 unspecified atom stereocenters. The molecule has 1 aromatic carbocycles. The number of pyridine rings is 1. The number of halogens is 1. The van der Waals surface area contributed by atoms with Crippen molar-refractivity contribution in [2.45, 2.75) is 39.0 Å². The van der Waals surface area contributed by atoms with E-state index in [0.29, 0.717) is 17.1 Å². The Balaban J connectivity index is 1.50. The first-order chi connectivity index (χ1) is 14.5. The van der Waals surface area contributed by atoms with Crippen molar-refractivity contribution in [3.05, 3.63) is 74.8 Å². The van der Waals surface area contributed by atoms with E-state index in [1.165, 1.54) is 0 Å². The van der Waals surface area contributed by atoms with Gasteiger partial charge in [0.15, 0.2) is 0 Å². The van der Waals surface area contributed by atoms with E-state index in [4.69, 9.17) is 16.3 Å². The summed E-state index contributed by atoms with van der Waals surface area (Å²) in [5, 5.41) is 10.5. The van der Waals surface area contributed by atoms with Crippen LogP contribution in [0.2, 0.25) is 5.02 Å². The van der Waals surface area contributed by atoms with Crippen molar-refractivity contribution in [3.8, 4) is 11.3 Å². The molecule has 8 heteroatoms. The molecule has 30 heavy (non-hydrogen) atoms. The van der Waals surface area contributed by atoms with E-state index in [0.717, 1.165) is 36.3 Å². The number of nitrogens with zero attached hydrogens (tertiary/aromatic N) is 2. The van der Waals surface area contributed by atoms with Crippen LogP contribution in [0.25, 0.3) is 11.3 Å². The molecule has 156 valence electrons. The summed E-state index contributed by atoms with van der Waals surface area (Å²) in [5.74, 6) is -0.401. The molecule has 1 fully saturated rings. The van der Waals surface area contributed by atoms with Gasteiger partial charge in [-0.3, -0.25) is 14.7 Å². The van der Waals surface area contributed by atoms with Crippen LogP contribution in [0.4, 0.5) is 0 Å². The average molecular weight is 427 g/mol. The lowest BCUT2D eigenvalue weighted by Crippen LogP contribution is -2.35. The number of aromatic nitrogens is 3. The van der Waals surface area contributed by atoms with E-state index in [2.05, 4.69) is 15.5 Å². The van der Waals surface area contributed by atoms with Crippen LogP contribution in [0.5, 0.6) is 0 Å². The van der Waals surface area contributed by atoms with Gasteiger partial charge in [-0.1, -0.05) is 23.7 Å². The lowest BCUT2D eigenvalue weighted by molar-refractivity contribution is 0.0928. The van der Waals surface area contributed by atoms with Crippen LogP contribution >= 0.6 is 11.6 Å². The number of ether oxygens (including phenoxy) is 1. The van der Waals surface area contributed by atoms with Gasteiger partial charge in [0, 0.05) is 29.9 Å². The zero-order valence-corrected chi connectivity index (χ0v) is 17.4. The summed E-state index contributed by atoms with van der Waals surface area (Å²) in [7, 11) is 0. The quantitative estimate of drug-likeness (QED) is 0.632. The van der Waals surface area contributed by atoms with Crippen molar-refractivity contribution in [2.75, 3.05) is 6.61 Å². The van der Waals surface area contributed by atoms with Crippen molar-refractivity contribution in [1.29, 1.82) is 0 Å². The molecule has 0 saturated carbocycles. The van der Waals surface area contributed by atoms with Crippen LogP contribution in [0.3, 0.4) is 0 Å². The first-order valence-corrected chi connectivity index (χ1v) is 10.3. The minimum atomic E-state index is -0.401. The SMILES string of the molecule is Cc1ccn(CC2CCCO2)c(=O)c1C(=O)NCc1cn[nH]c1-c1ccc(Cl)cc1. The molecule has 0 radical (unpaired) electrons. The fraction of sp³-hybridized carbons (Fsp3) is 0.318. The first kappa shape index (κ1) is 20.4. The molecule has 0 spiro atoms. The number of H-pyrrole nitrogens is 1. The smallest absolute Gasteiger partial charge is 0.263 e. The zero-order valence-electron chi connectivity index (χ0n) is 16.7. The molecule has 7 nitrogen and oxygen atoms in total. The number of hydrogen-bond donors (Lipinski definition) is 2. The van der Waals surface area contributed by atoms with Crippen LogP contribution < -0.4 is 10.9 Å². The van der Waals surface area contributed by atoms with Crippen molar-refractivity contribution in [1.82, 2.24) is 20.1 Å². The van der Waals surface area contributed by atoms with Crippen LogP contribution in [0.15, 0.2) is 47.5 Å². The molecular formula is C22H23ClN4O3. The summed E-state index contributed by atoms with van der Waals surface area (Å²) >= 11 is 5.96. The summed E-state index contributed by atoms with van der Waals surface area (Å²) in [5.41, 5.74) is 3.04. The van der Waals surface area contributed by atoms with Crippen molar-refractivity contribution in [3.63, 3.8) is 0 Å². The highest BCUT2D eigenvalue weighted by Gasteiger charge is 2.20. The molecule has 0 aliphatic carbocycles. The number of carbonyl (C=O) groups is 1. The maximum absolute atomic E-state index is 12.9. The fourth-order valence-electron chi connectivity index (χ4n) is 3.67. The zero-order chi connectivity index (χ0) is 21.1. The monoisotopic (exact) mass is 426 g/mol. The number of hydrogen-bond acceptors (Lipinski definition) is 4. The summed E-state index contributed by atoms with van der Waals surface area (Å²) in [6.07, 6.45) is 5.34. The molecule has 1 aliphatic heterocycles. The van der Waals surface area contributed by atoms with Crippen molar-refractivity contribution >= 4 is 17.5 Å². The van der Waals surface area contributed by atoms with E-state index in [1.54, 1.807) is 42.1 Å². The Morgan fingerprint density at radius 3 is 2.87 bits per heavy atom. The minimum absolute atomic E-state index is 0.0224. The molecule has 1 amide bonds. The highest BCUT2D eigenvalue weighted by molar-refractivity contribution is 6.30. The number of benzene rings is 1. The standard InChI is InChI=1S/C22H23ClN4O3/c1-14-8-9-27(13-18-3-2-10-30-18)22(29)19(14)21(28)24-11-16-12-25-26-20(16)15-4-6-17(23)7-5-15/h4-9,12,18H,2-3,10-11,13H2,1H3,(H,24,28)(H,25,26). The third-order valence-electron chi connectivity index (χ3n) is 5.32. The predicted molar refractivity (Wildman–Crippen MR) is 115 cm³/mol. The molecule has 1 aliphatic rings. The van der Waals surface area contributed by atoms with Gasteiger partial charge >= 0.3 is 0 Å². The number of nitrogens with one attached hydrogen (secondary N) is 2. The largest absolute Gasteiger partial charge is 0.376 e. The number of amides is 1. The lowest BCUT2D eigenvalue weighted by atomic mass is 10.1. The van der Waals surface area contributed by atoms with Crippen LogP contribution in [0.1, 0.15) is 34.3 Å². The molecule has 2 aromatic heterocycles. The van der Waals surface area contributed by atoms with Gasteiger partial charge in [0.1, 0.15) is 5.56 Å². The second kappa shape index (κ2) is 8.85. The van der Waals surface area contributed by atoms with Crippen LogP contribution in [0, 0.1) is 6.92 Å². The van der Waals surface area contributed by atoms with E-state index in [1.807, 2.05) is 12.1 Å². The minimum Gasteiger partial charge on any atom is -0.376 e. The Bertz CT molecular complexity index is 1100. The average Bonchev–Trinajstić information content (AvgIpc) is 3.41. The Morgan fingerprint density at radius 2 is 2.13 bits per heavy atom. The highest BCUT2D eigenvalue weighted by Crippen LogP contribution is 2.23. The third kappa shape index (κ3) is 4.32.